The Morgan fingerprint density at radius 1 is 1.13 bits per heavy atom. The zero-order chi connectivity index (χ0) is 17.0. The molecule has 0 unspecified atom stereocenters. The Balaban J connectivity index is 2.65. The molecule has 0 spiro atoms. The van der Waals surface area contributed by atoms with Crippen LogP contribution in [0.25, 0.3) is 0 Å². The molecule has 1 N–H and O–H groups in total. The maximum Gasteiger partial charge on any atom is 0.416 e. The summed E-state index contributed by atoms with van der Waals surface area (Å²) < 4.78 is 38.8. The van der Waals surface area contributed by atoms with Crippen LogP contribution in [0.15, 0.2) is 48.5 Å². The number of hydrogen-bond acceptors (Lipinski definition) is 2. The van der Waals surface area contributed by atoms with Crippen LogP contribution in [0.5, 0.6) is 0 Å². The van der Waals surface area contributed by atoms with Gasteiger partial charge in [-0.25, -0.2) is 0 Å². The number of halogens is 3. The molecule has 2 aromatic carbocycles. The van der Waals surface area contributed by atoms with Crippen molar-refractivity contribution in [2.45, 2.75) is 6.18 Å². The van der Waals surface area contributed by atoms with E-state index >= 15 is 0 Å². The molecule has 0 heterocycles. The average Bonchev–Trinajstić information content (AvgIpc) is 2.55. The molecule has 120 valence electrons. The lowest BCUT2D eigenvalue weighted by atomic mass is 10.1. The van der Waals surface area contributed by atoms with Gasteiger partial charge in [0.1, 0.15) is 0 Å². The molecule has 2 rings (SSSR count). The first-order valence-corrected chi connectivity index (χ1v) is 6.61. The van der Waals surface area contributed by atoms with Gasteiger partial charge in [0.25, 0.3) is 5.91 Å². The summed E-state index contributed by atoms with van der Waals surface area (Å²) in [4.78, 5) is 24.4. The van der Waals surface area contributed by atoms with Crippen molar-refractivity contribution in [3.8, 4) is 0 Å². The molecule has 23 heavy (non-hydrogen) atoms. The van der Waals surface area contributed by atoms with Crippen LogP contribution in [-0.4, -0.2) is 19.4 Å². The summed E-state index contributed by atoms with van der Waals surface area (Å²) in [5, 5.41) is 2.35. The van der Waals surface area contributed by atoms with Crippen molar-refractivity contribution >= 4 is 23.7 Å². The number of hydrogen-bond donors (Lipinski definition) is 1. The largest absolute Gasteiger partial charge is 0.416 e. The molecule has 0 saturated carbocycles. The van der Waals surface area contributed by atoms with Gasteiger partial charge in [0, 0.05) is 12.7 Å². The fourth-order valence-electron chi connectivity index (χ4n) is 2.08. The van der Waals surface area contributed by atoms with Crippen molar-refractivity contribution in [1.82, 2.24) is 5.32 Å². The zero-order valence-corrected chi connectivity index (χ0v) is 12.1. The first-order chi connectivity index (χ1) is 10.9. The van der Waals surface area contributed by atoms with E-state index in [2.05, 4.69) is 5.32 Å². The van der Waals surface area contributed by atoms with Crippen molar-refractivity contribution in [2.75, 3.05) is 11.9 Å². The van der Waals surface area contributed by atoms with Crippen molar-refractivity contribution < 1.29 is 22.8 Å². The number of benzene rings is 2. The zero-order valence-electron chi connectivity index (χ0n) is 12.1. The molecule has 0 aliphatic heterocycles. The first kappa shape index (κ1) is 16.5. The van der Waals surface area contributed by atoms with E-state index in [-0.39, 0.29) is 11.3 Å². The molecule has 0 aliphatic carbocycles. The van der Waals surface area contributed by atoms with Gasteiger partial charge in [-0.2, -0.15) is 13.2 Å². The lowest BCUT2D eigenvalue weighted by Crippen LogP contribution is -2.24. The Labute approximate surface area is 130 Å². The van der Waals surface area contributed by atoms with E-state index in [0.717, 1.165) is 23.1 Å². The normalized spacial score (nSPS) is 11.0. The van der Waals surface area contributed by atoms with E-state index in [9.17, 15) is 22.8 Å². The van der Waals surface area contributed by atoms with Crippen LogP contribution < -0.4 is 10.2 Å². The van der Waals surface area contributed by atoms with Gasteiger partial charge in [-0.05, 0) is 30.3 Å². The molecule has 0 fully saturated rings. The molecule has 0 saturated heterocycles. The number of alkyl halides is 3. The molecular weight excluding hydrogens is 309 g/mol. The van der Waals surface area contributed by atoms with E-state index in [0.29, 0.717) is 12.1 Å². The lowest BCUT2D eigenvalue weighted by Gasteiger charge is -2.22. The van der Waals surface area contributed by atoms with Crippen LogP contribution in [0.3, 0.4) is 0 Å². The minimum absolute atomic E-state index is 0.0311. The highest BCUT2D eigenvalue weighted by Crippen LogP contribution is 2.35. The molecular formula is C16H13F3N2O2. The lowest BCUT2D eigenvalue weighted by molar-refractivity contribution is -0.137. The van der Waals surface area contributed by atoms with E-state index in [4.69, 9.17) is 0 Å². The van der Waals surface area contributed by atoms with E-state index < -0.39 is 17.6 Å². The highest BCUT2D eigenvalue weighted by molar-refractivity contribution is 6.03. The third-order valence-corrected chi connectivity index (χ3v) is 3.20. The van der Waals surface area contributed by atoms with Crippen molar-refractivity contribution in [2.24, 2.45) is 0 Å². The smallest absolute Gasteiger partial charge is 0.355 e. The summed E-state index contributed by atoms with van der Waals surface area (Å²) in [7, 11) is 1.36. The number of para-hydroxylation sites is 1. The second-order valence-corrected chi connectivity index (χ2v) is 4.62. The summed E-state index contributed by atoms with van der Waals surface area (Å²) in [6, 6.07) is 10.7. The Morgan fingerprint density at radius 3 is 2.30 bits per heavy atom. The average molecular weight is 322 g/mol. The van der Waals surface area contributed by atoms with Crippen molar-refractivity contribution in [1.29, 1.82) is 0 Å². The van der Waals surface area contributed by atoms with Gasteiger partial charge < -0.3 is 5.32 Å². The Kier molecular flexibility index (Phi) is 4.68. The number of carbonyl (C=O) groups excluding carboxylic acids is 2. The number of nitrogens with zero attached hydrogens (tertiary/aromatic N) is 1. The molecule has 0 aromatic heterocycles. The van der Waals surface area contributed by atoms with E-state index in [1.54, 1.807) is 30.3 Å². The monoisotopic (exact) mass is 322 g/mol. The van der Waals surface area contributed by atoms with Crippen LogP contribution in [0.2, 0.25) is 0 Å². The fourth-order valence-corrected chi connectivity index (χ4v) is 2.08. The third-order valence-electron chi connectivity index (χ3n) is 3.20. The molecule has 2 amide bonds. The van der Waals surface area contributed by atoms with Gasteiger partial charge in [-0.1, -0.05) is 18.2 Å². The minimum Gasteiger partial charge on any atom is -0.355 e. The SMILES string of the molecule is CNC(=O)c1ccc(C(F)(F)F)cc1N(C=O)c1ccccc1. The molecule has 4 nitrogen and oxygen atoms in total. The van der Waals surface area contributed by atoms with Crippen LogP contribution >= 0.6 is 0 Å². The standard InChI is InChI=1S/C16H13F3N2O2/c1-20-15(23)13-8-7-11(16(17,18)19)9-14(13)21(10-22)12-5-3-2-4-6-12/h2-10H,1H3,(H,20,23). The van der Waals surface area contributed by atoms with Crippen LogP contribution in [0.1, 0.15) is 15.9 Å². The van der Waals surface area contributed by atoms with Gasteiger partial charge in [-0.3, -0.25) is 14.5 Å². The van der Waals surface area contributed by atoms with Gasteiger partial charge >= 0.3 is 6.18 Å². The summed E-state index contributed by atoms with van der Waals surface area (Å²) >= 11 is 0. The summed E-state index contributed by atoms with van der Waals surface area (Å²) in [5.74, 6) is -0.587. The number of rotatable bonds is 4. The van der Waals surface area contributed by atoms with Crippen molar-refractivity contribution in [3.63, 3.8) is 0 Å². The second-order valence-electron chi connectivity index (χ2n) is 4.62. The van der Waals surface area contributed by atoms with Crippen LogP contribution in [0.4, 0.5) is 24.5 Å². The molecule has 0 atom stereocenters. The van der Waals surface area contributed by atoms with Gasteiger partial charge in [0.2, 0.25) is 6.41 Å². The van der Waals surface area contributed by atoms with Crippen molar-refractivity contribution in [3.05, 3.63) is 59.7 Å². The molecule has 2 aromatic rings. The Bertz CT molecular complexity index is 715. The molecule has 0 radical (unpaired) electrons. The van der Waals surface area contributed by atoms with E-state index in [1.165, 1.54) is 7.05 Å². The van der Waals surface area contributed by atoms with Gasteiger partial charge in [-0.15, -0.1) is 0 Å². The molecule has 7 heteroatoms. The predicted octanol–water partition coefficient (Wildman–Crippen LogP) is 3.36. The minimum atomic E-state index is -4.58. The Morgan fingerprint density at radius 2 is 1.78 bits per heavy atom. The van der Waals surface area contributed by atoms with E-state index in [1.807, 2.05) is 0 Å². The quantitative estimate of drug-likeness (QED) is 0.878. The number of amides is 2. The topological polar surface area (TPSA) is 49.4 Å². The third kappa shape index (κ3) is 3.50. The maximum absolute atomic E-state index is 12.9. The first-order valence-electron chi connectivity index (χ1n) is 6.61. The van der Waals surface area contributed by atoms with Crippen LogP contribution in [0, 0.1) is 0 Å². The predicted molar refractivity (Wildman–Crippen MR) is 79.5 cm³/mol. The number of nitrogens with one attached hydrogen (secondary N) is 1. The van der Waals surface area contributed by atoms with Gasteiger partial charge in [0.15, 0.2) is 0 Å². The van der Waals surface area contributed by atoms with Crippen LogP contribution in [-0.2, 0) is 11.0 Å². The van der Waals surface area contributed by atoms with Gasteiger partial charge in [0.05, 0.1) is 16.8 Å². The second kappa shape index (κ2) is 6.51. The summed E-state index contributed by atoms with van der Waals surface area (Å²) in [6.07, 6.45) is -4.21. The highest BCUT2D eigenvalue weighted by Gasteiger charge is 2.32. The highest BCUT2D eigenvalue weighted by atomic mass is 19.4. The molecule has 0 bridgehead atoms. The Hall–Kier alpha value is -2.83. The summed E-state index contributed by atoms with van der Waals surface area (Å²) in [6.45, 7) is 0. The summed E-state index contributed by atoms with van der Waals surface area (Å²) in [5.41, 5.74) is -0.758. The number of carbonyl (C=O) groups is 2. The molecule has 0 aliphatic rings. The maximum atomic E-state index is 12.9. The number of anilines is 2. The fraction of sp³-hybridized carbons (Fsp3) is 0.125.